The van der Waals surface area contributed by atoms with Crippen LogP contribution in [0.1, 0.15) is 40.2 Å². The van der Waals surface area contributed by atoms with Crippen molar-refractivity contribution in [3.63, 3.8) is 0 Å². The minimum atomic E-state index is -1.02. The van der Waals surface area contributed by atoms with Gasteiger partial charge in [0.1, 0.15) is 12.2 Å². The van der Waals surface area contributed by atoms with Crippen LogP contribution >= 0.6 is 11.3 Å². The normalized spacial score (nSPS) is 26.2. The van der Waals surface area contributed by atoms with Gasteiger partial charge in [-0.3, -0.25) is 0 Å². The van der Waals surface area contributed by atoms with Crippen molar-refractivity contribution in [2.75, 3.05) is 6.61 Å². The first-order chi connectivity index (χ1) is 14.9. The highest BCUT2D eigenvalue weighted by Gasteiger charge is 2.42. The monoisotopic (exact) mass is 438 g/mol. The molecular formula is C26H30O4S. The van der Waals surface area contributed by atoms with Gasteiger partial charge in [-0.15, -0.1) is 11.3 Å². The highest BCUT2D eigenvalue weighted by molar-refractivity contribution is 7.15. The van der Waals surface area contributed by atoms with Gasteiger partial charge in [0.2, 0.25) is 0 Å². The summed E-state index contributed by atoms with van der Waals surface area (Å²) in [5.41, 5.74) is 5.64. The molecule has 3 aromatic rings. The van der Waals surface area contributed by atoms with Gasteiger partial charge in [-0.1, -0.05) is 55.0 Å². The van der Waals surface area contributed by atoms with Crippen molar-refractivity contribution >= 4 is 11.3 Å². The smallest absolute Gasteiger partial charge is 0.111 e. The van der Waals surface area contributed by atoms with Crippen LogP contribution in [-0.2, 0) is 11.2 Å². The Morgan fingerprint density at radius 3 is 2.39 bits per heavy atom. The molecule has 31 heavy (non-hydrogen) atoms. The van der Waals surface area contributed by atoms with Gasteiger partial charge >= 0.3 is 0 Å². The fourth-order valence-electron chi connectivity index (χ4n) is 4.18. The van der Waals surface area contributed by atoms with Crippen LogP contribution in [0.25, 0.3) is 10.4 Å². The molecule has 4 nitrogen and oxygen atoms in total. The fraction of sp³-hybridized carbons (Fsp3) is 0.385. The van der Waals surface area contributed by atoms with E-state index in [0.29, 0.717) is 0 Å². The predicted octanol–water partition coefficient (Wildman–Crippen LogP) is 4.41. The second kappa shape index (κ2) is 9.23. The third kappa shape index (κ3) is 4.61. The number of thiophene rings is 1. The zero-order valence-corrected chi connectivity index (χ0v) is 19.0. The quantitative estimate of drug-likeness (QED) is 0.552. The van der Waals surface area contributed by atoms with E-state index in [9.17, 15) is 15.3 Å². The topological polar surface area (TPSA) is 69.9 Å². The number of benzene rings is 2. The van der Waals surface area contributed by atoms with Crippen molar-refractivity contribution in [1.82, 2.24) is 0 Å². The van der Waals surface area contributed by atoms with Crippen LogP contribution in [0.5, 0.6) is 0 Å². The lowest BCUT2D eigenvalue weighted by molar-refractivity contribution is -0.207. The summed E-state index contributed by atoms with van der Waals surface area (Å²) in [6, 6.07) is 19.0. The standard InChI is InChI=1S/C26H30O4S/c1-15-4-7-18(8-5-15)23-11-10-21(31-23)13-20-12-19(9-6-16(20)2)26-25(29)24(28)17(3)22(14-27)30-26/h4-12,17,22,24-29H,13-14H2,1-3H3/t17-,22-,24+,25-,26+/m1/s1. The molecule has 3 N–H and O–H groups in total. The lowest BCUT2D eigenvalue weighted by atomic mass is 9.85. The van der Waals surface area contributed by atoms with E-state index >= 15 is 0 Å². The van der Waals surface area contributed by atoms with Gasteiger partial charge in [-0.2, -0.15) is 0 Å². The Bertz CT molecular complexity index is 1020. The zero-order valence-electron chi connectivity index (χ0n) is 18.2. The van der Waals surface area contributed by atoms with Gasteiger partial charge in [0.25, 0.3) is 0 Å². The SMILES string of the molecule is Cc1ccc(-c2ccc(Cc3cc([C@@H]4O[C@H](CO)[C@@H](C)[C@H](O)[C@H]4O)ccc3C)s2)cc1. The summed E-state index contributed by atoms with van der Waals surface area (Å²) in [6.45, 7) is 5.78. The molecule has 1 fully saturated rings. The zero-order chi connectivity index (χ0) is 22.1. The van der Waals surface area contributed by atoms with Crippen LogP contribution < -0.4 is 0 Å². The molecule has 0 saturated carbocycles. The summed E-state index contributed by atoms with van der Waals surface area (Å²) in [5, 5.41) is 30.7. The Kier molecular flexibility index (Phi) is 6.60. The Balaban J connectivity index is 1.57. The summed E-state index contributed by atoms with van der Waals surface area (Å²) in [7, 11) is 0. The highest BCUT2D eigenvalue weighted by atomic mass is 32.1. The lowest BCUT2D eigenvalue weighted by Gasteiger charge is -2.41. The maximum atomic E-state index is 10.6. The molecule has 0 spiro atoms. The summed E-state index contributed by atoms with van der Waals surface area (Å²) < 4.78 is 5.98. The number of aliphatic hydroxyl groups is 3. The molecule has 1 aliphatic rings. The van der Waals surface area contributed by atoms with Crippen molar-refractivity contribution < 1.29 is 20.1 Å². The second-order valence-electron chi connectivity index (χ2n) is 8.61. The first-order valence-corrected chi connectivity index (χ1v) is 11.6. The van der Waals surface area contributed by atoms with Crippen LogP contribution in [0.15, 0.2) is 54.6 Å². The van der Waals surface area contributed by atoms with Gasteiger partial charge in [0.05, 0.1) is 18.8 Å². The molecule has 164 valence electrons. The van der Waals surface area contributed by atoms with Gasteiger partial charge < -0.3 is 20.1 Å². The van der Waals surface area contributed by atoms with Gasteiger partial charge in [0.15, 0.2) is 0 Å². The van der Waals surface area contributed by atoms with Gasteiger partial charge in [-0.05, 0) is 48.2 Å². The lowest BCUT2D eigenvalue weighted by Crippen LogP contribution is -2.50. The average molecular weight is 439 g/mol. The van der Waals surface area contributed by atoms with E-state index in [-0.39, 0.29) is 12.5 Å². The number of aryl methyl sites for hydroxylation is 2. The summed E-state index contributed by atoms with van der Waals surface area (Å²) in [5.74, 6) is -0.326. The van der Waals surface area contributed by atoms with E-state index in [2.05, 4.69) is 56.3 Å². The minimum absolute atomic E-state index is 0.183. The molecule has 0 bridgehead atoms. The van der Waals surface area contributed by atoms with E-state index in [1.54, 1.807) is 18.3 Å². The van der Waals surface area contributed by atoms with Crippen molar-refractivity contribution in [2.24, 2.45) is 5.92 Å². The van der Waals surface area contributed by atoms with E-state index < -0.39 is 24.4 Å². The van der Waals surface area contributed by atoms with Crippen molar-refractivity contribution in [3.05, 3.63) is 81.7 Å². The molecule has 5 heteroatoms. The molecule has 2 aromatic carbocycles. The molecule has 5 atom stereocenters. The molecule has 0 radical (unpaired) electrons. The van der Waals surface area contributed by atoms with Crippen molar-refractivity contribution in [1.29, 1.82) is 0 Å². The number of hydrogen-bond donors (Lipinski definition) is 3. The van der Waals surface area contributed by atoms with Crippen LogP contribution in [0, 0.1) is 19.8 Å². The maximum absolute atomic E-state index is 10.6. The molecule has 1 aliphatic heterocycles. The van der Waals surface area contributed by atoms with Crippen molar-refractivity contribution in [2.45, 2.75) is 51.6 Å². The molecule has 0 aliphatic carbocycles. The largest absolute Gasteiger partial charge is 0.394 e. The minimum Gasteiger partial charge on any atom is -0.394 e. The first kappa shape index (κ1) is 22.2. The van der Waals surface area contributed by atoms with E-state index in [1.165, 1.54) is 32.0 Å². The molecule has 1 aromatic heterocycles. The molecule has 2 heterocycles. The van der Waals surface area contributed by atoms with Crippen LogP contribution in [0.2, 0.25) is 0 Å². The van der Waals surface area contributed by atoms with Crippen LogP contribution in [0.4, 0.5) is 0 Å². The van der Waals surface area contributed by atoms with Gasteiger partial charge in [0, 0.05) is 22.1 Å². The van der Waals surface area contributed by atoms with Crippen LogP contribution in [-0.4, -0.2) is 40.2 Å². The van der Waals surface area contributed by atoms with Gasteiger partial charge in [-0.25, -0.2) is 0 Å². The van der Waals surface area contributed by atoms with Crippen LogP contribution in [0.3, 0.4) is 0 Å². The molecule has 1 saturated heterocycles. The third-order valence-corrected chi connectivity index (χ3v) is 7.49. The molecular weight excluding hydrogens is 408 g/mol. The molecule has 4 rings (SSSR count). The fourth-order valence-corrected chi connectivity index (χ4v) is 5.22. The number of ether oxygens (including phenoxy) is 1. The predicted molar refractivity (Wildman–Crippen MR) is 124 cm³/mol. The number of hydrogen-bond acceptors (Lipinski definition) is 5. The number of aliphatic hydroxyl groups excluding tert-OH is 3. The Morgan fingerprint density at radius 1 is 0.935 bits per heavy atom. The third-order valence-electron chi connectivity index (χ3n) is 6.35. The maximum Gasteiger partial charge on any atom is 0.111 e. The molecule has 0 amide bonds. The van der Waals surface area contributed by atoms with Crippen molar-refractivity contribution in [3.8, 4) is 10.4 Å². The Hall–Kier alpha value is -2.02. The molecule has 0 unspecified atom stereocenters. The summed E-state index contributed by atoms with van der Waals surface area (Å²) in [6.07, 6.45) is -2.32. The van der Waals surface area contributed by atoms with E-state index in [1.807, 2.05) is 12.1 Å². The Labute approximate surface area is 187 Å². The highest BCUT2D eigenvalue weighted by Crippen LogP contribution is 2.36. The summed E-state index contributed by atoms with van der Waals surface area (Å²) in [4.78, 5) is 2.51. The van der Waals surface area contributed by atoms with E-state index in [4.69, 9.17) is 4.74 Å². The first-order valence-electron chi connectivity index (χ1n) is 10.7. The second-order valence-corrected chi connectivity index (χ2v) is 9.78. The summed E-state index contributed by atoms with van der Waals surface area (Å²) >= 11 is 1.79. The Morgan fingerprint density at radius 2 is 1.68 bits per heavy atom. The average Bonchev–Trinajstić information content (AvgIpc) is 3.23. The number of rotatable bonds is 5. The van der Waals surface area contributed by atoms with E-state index in [0.717, 1.165) is 12.0 Å².